The number of rotatable bonds is 2. The van der Waals surface area contributed by atoms with Crippen molar-refractivity contribution in [3.63, 3.8) is 0 Å². The van der Waals surface area contributed by atoms with Crippen LogP contribution in [-0.2, 0) is 0 Å². The number of aryl methyl sites for hydroxylation is 1. The zero-order valence-corrected chi connectivity index (χ0v) is 11.5. The van der Waals surface area contributed by atoms with E-state index in [0.717, 1.165) is 19.3 Å². The average molecular weight is 264 g/mol. The summed E-state index contributed by atoms with van der Waals surface area (Å²) in [5.41, 5.74) is 6.55. The number of nitrogens with two attached hydrogens (primary N) is 1. The highest BCUT2D eigenvalue weighted by molar-refractivity contribution is 5.95. The van der Waals surface area contributed by atoms with E-state index in [2.05, 4.69) is 12.2 Å². The summed E-state index contributed by atoms with van der Waals surface area (Å²) in [6.07, 6.45) is 4.41. The highest BCUT2D eigenvalue weighted by Crippen LogP contribution is 2.24. The predicted molar refractivity (Wildman–Crippen MR) is 74.4 cm³/mol. The Labute approximate surface area is 113 Å². The number of amides is 1. The molecule has 0 saturated heterocycles. The monoisotopic (exact) mass is 264 g/mol. The minimum absolute atomic E-state index is 0.0512. The Morgan fingerprint density at radius 3 is 2.74 bits per heavy atom. The van der Waals surface area contributed by atoms with Gasteiger partial charge < -0.3 is 11.1 Å². The average Bonchev–Trinajstić information content (AvgIpc) is 2.36. The van der Waals surface area contributed by atoms with Crippen molar-refractivity contribution in [2.45, 2.75) is 45.6 Å². The van der Waals surface area contributed by atoms with Crippen LogP contribution in [0, 0.1) is 18.7 Å². The second-order valence-corrected chi connectivity index (χ2v) is 5.54. The zero-order valence-electron chi connectivity index (χ0n) is 11.5. The number of hydrogen-bond acceptors (Lipinski definition) is 2. The molecule has 1 aliphatic carbocycles. The molecule has 0 heterocycles. The number of hydrogen-bond donors (Lipinski definition) is 2. The minimum atomic E-state index is -0.477. The second kappa shape index (κ2) is 5.59. The zero-order chi connectivity index (χ0) is 14.0. The first-order chi connectivity index (χ1) is 8.99. The van der Waals surface area contributed by atoms with Gasteiger partial charge >= 0.3 is 0 Å². The summed E-state index contributed by atoms with van der Waals surface area (Å²) in [5, 5.41) is 2.95. The number of halogens is 1. The van der Waals surface area contributed by atoms with Gasteiger partial charge in [-0.15, -0.1) is 0 Å². The molecule has 0 aromatic heterocycles. The Morgan fingerprint density at radius 1 is 1.37 bits per heavy atom. The molecule has 1 amide bonds. The molecule has 1 aromatic carbocycles. The third kappa shape index (κ3) is 3.06. The lowest BCUT2D eigenvalue weighted by molar-refractivity contribution is 0.0906. The van der Waals surface area contributed by atoms with E-state index in [1.165, 1.54) is 18.6 Å². The Bertz CT molecular complexity index is 487. The van der Waals surface area contributed by atoms with E-state index < -0.39 is 5.82 Å². The lowest BCUT2D eigenvalue weighted by Crippen LogP contribution is -2.41. The first-order valence-corrected chi connectivity index (χ1v) is 6.85. The van der Waals surface area contributed by atoms with Crippen molar-refractivity contribution in [2.24, 2.45) is 5.92 Å². The third-order valence-corrected chi connectivity index (χ3v) is 3.95. The van der Waals surface area contributed by atoms with Crippen molar-refractivity contribution in [2.75, 3.05) is 5.73 Å². The summed E-state index contributed by atoms with van der Waals surface area (Å²) in [6.45, 7) is 3.75. The molecule has 0 spiro atoms. The normalized spacial score (nSPS) is 23.1. The fourth-order valence-corrected chi connectivity index (χ4v) is 2.74. The van der Waals surface area contributed by atoms with Crippen LogP contribution >= 0.6 is 0 Å². The van der Waals surface area contributed by atoms with Gasteiger partial charge in [0.1, 0.15) is 5.82 Å². The number of carbonyl (C=O) groups excluding carboxylic acids is 1. The predicted octanol–water partition coefficient (Wildman–Crippen LogP) is 3.02. The number of nitrogens with one attached hydrogen (secondary N) is 1. The van der Waals surface area contributed by atoms with Crippen molar-refractivity contribution in [3.8, 4) is 0 Å². The van der Waals surface area contributed by atoms with Crippen molar-refractivity contribution in [1.29, 1.82) is 0 Å². The third-order valence-electron chi connectivity index (χ3n) is 3.95. The van der Waals surface area contributed by atoms with Crippen molar-refractivity contribution < 1.29 is 9.18 Å². The quantitative estimate of drug-likeness (QED) is 0.807. The smallest absolute Gasteiger partial charge is 0.254 e. The lowest BCUT2D eigenvalue weighted by Gasteiger charge is -2.29. The molecule has 19 heavy (non-hydrogen) atoms. The van der Waals surface area contributed by atoms with Crippen molar-refractivity contribution >= 4 is 11.6 Å². The van der Waals surface area contributed by atoms with Gasteiger partial charge in [0.25, 0.3) is 5.91 Å². The van der Waals surface area contributed by atoms with Crippen LogP contribution in [0.25, 0.3) is 0 Å². The molecular weight excluding hydrogens is 243 g/mol. The maximum atomic E-state index is 14.0. The van der Waals surface area contributed by atoms with Crippen LogP contribution < -0.4 is 11.1 Å². The molecule has 104 valence electrons. The van der Waals surface area contributed by atoms with Gasteiger partial charge in [0.15, 0.2) is 0 Å². The minimum Gasteiger partial charge on any atom is -0.399 e. The summed E-state index contributed by atoms with van der Waals surface area (Å²) >= 11 is 0. The fourth-order valence-electron chi connectivity index (χ4n) is 2.74. The fraction of sp³-hybridized carbons (Fsp3) is 0.533. The van der Waals surface area contributed by atoms with Gasteiger partial charge in [0.2, 0.25) is 0 Å². The van der Waals surface area contributed by atoms with Crippen LogP contribution in [0.2, 0.25) is 0 Å². The highest BCUT2D eigenvalue weighted by Gasteiger charge is 2.24. The molecule has 2 atom stereocenters. The molecule has 4 heteroatoms. The maximum absolute atomic E-state index is 14.0. The Morgan fingerprint density at radius 2 is 2.05 bits per heavy atom. The summed E-state index contributed by atoms with van der Waals surface area (Å²) in [4.78, 5) is 12.2. The van der Waals surface area contributed by atoms with E-state index in [1.54, 1.807) is 6.92 Å². The van der Waals surface area contributed by atoms with Gasteiger partial charge in [-0.25, -0.2) is 4.39 Å². The molecule has 0 bridgehead atoms. The largest absolute Gasteiger partial charge is 0.399 e. The van der Waals surface area contributed by atoms with Gasteiger partial charge in [0.05, 0.1) is 5.56 Å². The van der Waals surface area contributed by atoms with Crippen molar-refractivity contribution in [1.82, 2.24) is 5.32 Å². The lowest BCUT2D eigenvalue weighted by atomic mass is 9.86. The Balaban J connectivity index is 2.15. The van der Waals surface area contributed by atoms with Crippen molar-refractivity contribution in [3.05, 3.63) is 29.1 Å². The molecule has 1 aromatic rings. The van der Waals surface area contributed by atoms with E-state index in [9.17, 15) is 9.18 Å². The first kappa shape index (κ1) is 13.8. The molecular formula is C15H21FN2O. The van der Waals surface area contributed by atoms with Crippen LogP contribution in [0.15, 0.2) is 12.1 Å². The van der Waals surface area contributed by atoms with Gasteiger partial charge in [0, 0.05) is 11.7 Å². The van der Waals surface area contributed by atoms with Gasteiger partial charge in [-0.1, -0.05) is 19.8 Å². The van der Waals surface area contributed by atoms with Crippen LogP contribution in [0.4, 0.5) is 10.1 Å². The van der Waals surface area contributed by atoms with E-state index in [0.29, 0.717) is 17.2 Å². The molecule has 3 N–H and O–H groups in total. The standard InChI is InChI=1S/C15H21FN2O/c1-9-5-3-4-6-13(9)18-15(19)12-8-11(17)7-10(2)14(12)16/h7-9,13H,3-6,17H2,1-2H3,(H,18,19). The van der Waals surface area contributed by atoms with E-state index in [-0.39, 0.29) is 17.5 Å². The number of nitrogen functional groups attached to an aromatic ring is 1. The van der Waals surface area contributed by atoms with Gasteiger partial charge in [-0.2, -0.15) is 0 Å². The van der Waals surface area contributed by atoms with Crippen LogP contribution in [0.1, 0.15) is 48.5 Å². The molecule has 3 nitrogen and oxygen atoms in total. The van der Waals surface area contributed by atoms with Gasteiger partial charge in [-0.05, 0) is 43.4 Å². The molecule has 2 rings (SSSR count). The van der Waals surface area contributed by atoms with E-state index in [4.69, 9.17) is 5.73 Å². The Hall–Kier alpha value is -1.58. The number of anilines is 1. The molecule has 1 fully saturated rings. The first-order valence-electron chi connectivity index (χ1n) is 6.85. The Kier molecular flexibility index (Phi) is 4.08. The number of benzene rings is 1. The van der Waals surface area contributed by atoms with E-state index >= 15 is 0 Å². The van der Waals surface area contributed by atoms with E-state index in [1.807, 2.05) is 0 Å². The summed E-state index contributed by atoms with van der Waals surface area (Å²) in [7, 11) is 0. The van der Waals surface area contributed by atoms with Crippen LogP contribution in [-0.4, -0.2) is 11.9 Å². The maximum Gasteiger partial charge on any atom is 0.254 e. The topological polar surface area (TPSA) is 55.1 Å². The summed E-state index contributed by atoms with van der Waals surface area (Å²) in [6, 6.07) is 3.09. The highest BCUT2D eigenvalue weighted by atomic mass is 19.1. The summed E-state index contributed by atoms with van der Waals surface area (Å²) < 4.78 is 14.0. The second-order valence-electron chi connectivity index (χ2n) is 5.54. The molecule has 0 radical (unpaired) electrons. The van der Waals surface area contributed by atoms with Crippen LogP contribution in [0.5, 0.6) is 0 Å². The van der Waals surface area contributed by atoms with Crippen LogP contribution in [0.3, 0.4) is 0 Å². The summed E-state index contributed by atoms with van der Waals surface area (Å²) in [5.74, 6) is -0.385. The molecule has 0 aliphatic heterocycles. The molecule has 2 unspecified atom stereocenters. The SMILES string of the molecule is Cc1cc(N)cc(C(=O)NC2CCCCC2C)c1F. The molecule has 1 aliphatic rings. The number of carbonyl (C=O) groups is 1. The molecule has 1 saturated carbocycles. The van der Waals surface area contributed by atoms with Gasteiger partial charge in [-0.3, -0.25) is 4.79 Å².